The third-order valence-corrected chi connectivity index (χ3v) is 6.75. The number of hydrogen-bond acceptors (Lipinski definition) is 7. The maximum Gasteiger partial charge on any atom is 0.132 e. The van der Waals surface area contributed by atoms with Crippen LogP contribution in [0.3, 0.4) is 0 Å². The fourth-order valence-corrected chi connectivity index (χ4v) is 4.40. The van der Waals surface area contributed by atoms with Gasteiger partial charge < -0.3 is 20.1 Å². The zero-order chi connectivity index (χ0) is 21.5. The molecule has 0 bridgehead atoms. The summed E-state index contributed by atoms with van der Waals surface area (Å²) in [5, 5.41) is 21.9. The first-order valence-corrected chi connectivity index (χ1v) is 11.0. The van der Waals surface area contributed by atoms with Crippen molar-refractivity contribution in [3.63, 3.8) is 0 Å². The topological polar surface area (TPSA) is 99.2 Å². The van der Waals surface area contributed by atoms with E-state index in [4.69, 9.17) is 4.74 Å². The summed E-state index contributed by atoms with van der Waals surface area (Å²) in [5.41, 5.74) is 2.42. The quantitative estimate of drug-likeness (QED) is 0.513. The third-order valence-electron chi connectivity index (χ3n) is 6.75. The molecule has 2 aliphatic rings. The molecule has 3 heterocycles. The number of aromatic nitrogens is 4. The van der Waals surface area contributed by atoms with Gasteiger partial charge in [-0.3, -0.25) is 5.10 Å². The fraction of sp³-hybridized carbons (Fsp3) is 0.522. The van der Waals surface area contributed by atoms with Crippen LogP contribution in [0, 0.1) is 5.41 Å². The van der Waals surface area contributed by atoms with Gasteiger partial charge in [-0.15, -0.1) is 0 Å². The second-order valence-electron chi connectivity index (χ2n) is 9.28. The highest BCUT2D eigenvalue weighted by Gasteiger charge is 2.40. The minimum absolute atomic E-state index is 0.0259. The van der Waals surface area contributed by atoms with Gasteiger partial charge in [0.05, 0.1) is 17.8 Å². The number of H-pyrrole nitrogens is 1. The maximum atomic E-state index is 10.0. The van der Waals surface area contributed by atoms with Gasteiger partial charge >= 0.3 is 0 Å². The number of anilines is 1. The van der Waals surface area contributed by atoms with Crippen LogP contribution in [0.25, 0.3) is 22.3 Å². The summed E-state index contributed by atoms with van der Waals surface area (Å²) >= 11 is 0. The van der Waals surface area contributed by atoms with E-state index in [0.717, 1.165) is 79.2 Å². The van der Waals surface area contributed by atoms with E-state index in [0.29, 0.717) is 0 Å². The van der Waals surface area contributed by atoms with Crippen LogP contribution in [0.5, 0.6) is 5.75 Å². The Morgan fingerprint density at radius 3 is 2.87 bits per heavy atom. The van der Waals surface area contributed by atoms with E-state index in [1.165, 1.54) is 0 Å². The standard InChI is InChI=1S/C23H30N6O2/c1-22(5-6-22)31-16-3-4-18-17(11-16)21(28-27-18)19-12-20(26-15-25-19)29-10-8-23(13-29,14-30)7-9-24-2/h3-4,11-12,15,24,30H,5-10,13-14H2,1-2H3,(H,27,28). The zero-order valence-corrected chi connectivity index (χ0v) is 18.2. The van der Waals surface area contributed by atoms with Crippen LogP contribution in [0.15, 0.2) is 30.6 Å². The Balaban J connectivity index is 1.41. The largest absolute Gasteiger partial charge is 0.488 e. The number of benzene rings is 1. The molecule has 0 amide bonds. The van der Waals surface area contributed by atoms with Gasteiger partial charge in [0.1, 0.15) is 29.2 Å². The van der Waals surface area contributed by atoms with Crippen molar-refractivity contribution in [2.45, 2.75) is 38.2 Å². The summed E-state index contributed by atoms with van der Waals surface area (Å²) in [4.78, 5) is 11.3. The molecular formula is C23H30N6O2. The van der Waals surface area contributed by atoms with Gasteiger partial charge in [-0.05, 0) is 64.4 Å². The molecule has 3 N–H and O–H groups in total. The maximum absolute atomic E-state index is 10.0. The molecule has 5 rings (SSSR count). The molecule has 2 aromatic heterocycles. The van der Waals surface area contributed by atoms with Gasteiger partial charge in [0.15, 0.2) is 0 Å². The molecule has 0 spiro atoms. The molecule has 1 saturated carbocycles. The molecule has 1 aliphatic heterocycles. The Labute approximate surface area is 182 Å². The smallest absolute Gasteiger partial charge is 0.132 e. The summed E-state index contributed by atoms with van der Waals surface area (Å²) in [7, 11) is 1.95. The van der Waals surface area contributed by atoms with Crippen LogP contribution in [0.4, 0.5) is 5.82 Å². The van der Waals surface area contributed by atoms with Crippen LogP contribution in [0.2, 0.25) is 0 Å². The second kappa shape index (κ2) is 7.76. The minimum atomic E-state index is -0.0850. The van der Waals surface area contributed by atoms with Gasteiger partial charge in [0, 0.05) is 30.0 Å². The molecule has 8 nitrogen and oxygen atoms in total. The van der Waals surface area contributed by atoms with E-state index in [1.54, 1.807) is 6.33 Å². The molecule has 1 saturated heterocycles. The molecule has 164 valence electrons. The van der Waals surface area contributed by atoms with Crippen LogP contribution in [0.1, 0.15) is 32.6 Å². The van der Waals surface area contributed by atoms with Gasteiger partial charge in [0.25, 0.3) is 0 Å². The van der Waals surface area contributed by atoms with E-state index < -0.39 is 0 Å². The van der Waals surface area contributed by atoms with Crippen molar-refractivity contribution in [1.82, 2.24) is 25.5 Å². The van der Waals surface area contributed by atoms with Crippen molar-refractivity contribution < 1.29 is 9.84 Å². The highest BCUT2D eigenvalue weighted by molar-refractivity contribution is 5.93. The highest BCUT2D eigenvalue weighted by Crippen LogP contribution is 2.41. The molecule has 1 aromatic carbocycles. The lowest BCUT2D eigenvalue weighted by Crippen LogP contribution is -2.33. The normalized spacial score (nSPS) is 22.2. The number of nitrogens with zero attached hydrogens (tertiary/aromatic N) is 4. The molecular weight excluding hydrogens is 392 g/mol. The highest BCUT2D eigenvalue weighted by atomic mass is 16.5. The lowest BCUT2D eigenvalue weighted by atomic mass is 9.84. The van der Waals surface area contributed by atoms with Crippen molar-refractivity contribution in [2.24, 2.45) is 5.41 Å². The van der Waals surface area contributed by atoms with Gasteiger partial charge in [-0.1, -0.05) is 0 Å². The van der Waals surface area contributed by atoms with Crippen molar-refractivity contribution in [1.29, 1.82) is 0 Å². The first-order chi connectivity index (χ1) is 15.0. The average Bonchev–Trinajstić information content (AvgIpc) is 3.19. The molecule has 1 unspecified atom stereocenters. The molecule has 2 fully saturated rings. The Kier molecular flexibility index (Phi) is 5.06. The number of aliphatic hydroxyl groups is 1. The van der Waals surface area contributed by atoms with Crippen LogP contribution in [-0.2, 0) is 0 Å². The van der Waals surface area contributed by atoms with Crippen LogP contribution >= 0.6 is 0 Å². The Bertz CT molecular complexity index is 1080. The van der Waals surface area contributed by atoms with Gasteiger partial charge in [-0.25, -0.2) is 9.97 Å². The van der Waals surface area contributed by atoms with E-state index in [1.807, 2.05) is 31.3 Å². The number of rotatable bonds is 8. The van der Waals surface area contributed by atoms with Crippen molar-refractivity contribution in [3.8, 4) is 17.1 Å². The first-order valence-electron chi connectivity index (χ1n) is 11.0. The molecule has 1 atom stereocenters. The number of hydrogen-bond donors (Lipinski definition) is 3. The summed E-state index contributed by atoms with van der Waals surface area (Å²) < 4.78 is 6.14. The van der Waals surface area contributed by atoms with Gasteiger partial charge in [0.2, 0.25) is 0 Å². The monoisotopic (exact) mass is 422 g/mol. The summed E-state index contributed by atoms with van der Waals surface area (Å²) in [6, 6.07) is 8.04. The predicted molar refractivity (Wildman–Crippen MR) is 120 cm³/mol. The van der Waals surface area contributed by atoms with Crippen molar-refractivity contribution in [2.75, 3.05) is 38.2 Å². The lowest BCUT2D eigenvalue weighted by molar-refractivity contribution is 0.135. The van der Waals surface area contributed by atoms with E-state index >= 15 is 0 Å². The Morgan fingerprint density at radius 1 is 1.23 bits per heavy atom. The SMILES string of the molecule is CNCCC1(CO)CCN(c2cc(-c3n[nH]c4ccc(OC5(C)CC5)cc34)ncn2)C1. The predicted octanol–water partition coefficient (Wildman–Crippen LogP) is 2.75. The van der Waals surface area contributed by atoms with Crippen molar-refractivity contribution >= 4 is 16.7 Å². The molecule has 1 aliphatic carbocycles. The van der Waals surface area contributed by atoms with Crippen LogP contribution < -0.4 is 15.0 Å². The van der Waals surface area contributed by atoms with Crippen LogP contribution in [-0.4, -0.2) is 64.2 Å². The fourth-order valence-electron chi connectivity index (χ4n) is 4.40. The average molecular weight is 423 g/mol. The van der Waals surface area contributed by atoms with Crippen molar-refractivity contribution in [3.05, 3.63) is 30.6 Å². The zero-order valence-electron chi connectivity index (χ0n) is 18.2. The number of nitrogens with one attached hydrogen (secondary N) is 2. The Morgan fingerprint density at radius 2 is 2.10 bits per heavy atom. The third kappa shape index (κ3) is 3.97. The number of ether oxygens (including phenoxy) is 1. The molecule has 3 aromatic rings. The Hall–Kier alpha value is -2.71. The first kappa shape index (κ1) is 20.2. The van der Waals surface area contributed by atoms with E-state index in [9.17, 15) is 5.11 Å². The lowest BCUT2D eigenvalue weighted by Gasteiger charge is -2.27. The number of fused-ring (bicyclic) bond motifs is 1. The molecule has 0 radical (unpaired) electrons. The van der Waals surface area contributed by atoms with E-state index in [-0.39, 0.29) is 17.6 Å². The van der Waals surface area contributed by atoms with Gasteiger partial charge in [-0.2, -0.15) is 5.10 Å². The molecule has 8 heteroatoms. The molecule has 31 heavy (non-hydrogen) atoms. The number of aliphatic hydroxyl groups excluding tert-OH is 1. The number of aromatic amines is 1. The summed E-state index contributed by atoms with van der Waals surface area (Å²) in [6.07, 6.45) is 5.69. The van der Waals surface area contributed by atoms with E-state index in [2.05, 4.69) is 37.3 Å². The summed E-state index contributed by atoms with van der Waals surface area (Å²) in [6.45, 7) is 4.89. The second-order valence-corrected chi connectivity index (χ2v) is 9.28. The minimum Gasteiger partial charge on any atom is -0.488 e. The summed E-state index contributed by atoms with van der Waals surface area (Å²) in [5.74, 6) is 1.74.